The van der Waals surface area contributed by atoms with Gasteiger partial charge in [-0.1, -0.05) is 12.8 Å². The molecule has 16 heavy (non-hydrogen) atoms. The molecule has 2 nitrogen and oxygen atoms in total. The van der Waals surface area contributed by atoms with Crippen LogP contribution in [0.3, 0.4) is 0 Å². The molecule has 3 rings (SSSR count). The van der Waals surface area contributed by atoms with Gasteiger partial charge in [-0.3, -0.25) is 0 Å². The number of furan rings is 1. The van der Waals surface area contributed by atoms with E-state index in [0.717, 1.165) is 12.3 Å². The summed E-state index contributed by atoms with van der Waals surface area (Å²) in [4.78, 5) is 0. The van der Waals surface area contributed by atoms with Crippen molar-refractivity contribution < 1.29 is 4.42 Å². The molecule has 1 aromatic rings. The van der Waals surface area contributed by atoms with Crippen molar-refractivity contribution in [1.29, 1.82) is 0 Å². The zero-order chi connectivity index (χ0) is 10.8. The molecule has 1 unspecified atom stereocenters. The van der Waals surface area contributed by atoms with Crippen molar-refractivity contribution in [3.8, 4) is 0 Å². The van der Waals surface area contributed by atoms with Gasteiger partial charge >= 0.3 is 0 Å². The Hall–Kier alpha value is -0.760. The normalized spacial score (nSPS) is 25.9. The van der Waals surface area contributed by atoms with Gasteiger partial charge in [0.05, 0.1) is 6.26 Å². The smallest absolute Gasteiger partial charge is 0.108 e. The third kappa shape index (κ3) is 2.03. The second kappa shape index (κ2) is 4.62. The van der Waals surface area contributed by atoms with Crippen LogP contribution in [0.1, 0.15) is 55.9 Å². The molecule has 2 aliphatic carbocycles. The molecule has 0 amide bonds. The summed E-state index contributed by atoms with van der Waals surface area (Å²) in [6, 6.07) is 2.71. The van der Waals surface area contributed by atoms with E-state index in [9.17, 15) is 0 Å². The standard InChI is InChI=1S/C14H21NO/c1-2-5-11(4-1)10-15-13-6-3-7-14-12(13)8-9-16-14/h8-9,11,13,15H,1-7,10H2. The predicted octanol–water partition coefficient (Wildman–Crippen LogP) is 3.44. The van der Waals surface area contributed by atoms with Gasteiger partial charge in [-0.15, -0.1) is 0 Å². The van der Waals surface area contributed by atoms with Crippen LogP contribution in [0, 0.1) is 5.92 Å². The van der Waals surface area contributed by atoms with Gasteiger partial charge in [0.15, 0.2) is 0 Å². The van der Waals surface area contributed by atoms with Crippen LogP contribution in [0.4, 0.5) is 0 Å². The number of fused-ring (bicyclic) bond motifs is 1. The Bertz CT molecular complexity index is 338. The Morgan fingerprint density at radius 1 is 1.19 bits per heavy atom. The fraction of sp³-hybridized carbons (Fsp3) is 0.714. The van der Waals surface area contributed by atoms with Crippen molar-refractivity contribution in [3.63, 3.8) is 0 Å². The second-order valence-electron chi connectivity index (χ2n) is 5.30. The Morgan fingerprint density at radius 3 is 2.94 bits per heavy atom. The third-order valence-electron chi connectivity index (χ3n) is 4.18. The molecule has 1 atom stereocenters. The minimum Gasteiger partial charge on any atom is -0.469 e. The van der Waals surface area contributed by atoms with E-state index in [4.69, 9.17) is 4.42 Å². The van der Waals surface area contributed by atoms with Crippen LogP contribution in [-0.2, 0) is 6.42 Å². The molecule has 88 valence electrons. The van der Waals surface area contributed by atoms with Crippen LogP contribution >= 0.6 is 0 Å². The molecule has 2 aliphatic rings. The summed E-state index contributed by atoms with van der Waals surface area (Å²) < 4.78 is 5.52. The fourth-order valence-electron chi connectivity index (χ4n) is 3.22. The highest BCUT2D eigenvalue weighted by Gasteiger charge is 2.23. The molecule has 1 heterocycles. The molecule has 1 aromatic heterocycles. The van der Waals surface area contributed by atoms with Crippen LogP contribution in [0.25, 0.3) is 0 Å². The summed E-state index contributed by atoms with van der Waals surface area (Å²) in [5.41, 5.74) is 1.42. The molecule has 0 spiro atoms. The lowest BCUT2D eigenvalue weighted by Gasteiger charge is -2.24. The van der Waals surface area contributed by atoms with Crippen LogP contribution in [0.2, 0.25) is 0 Å². The van der Waals surface area contributed by atoms with Gasteiger partial charge in [-0.25, -0.2) is 0 Å². The highest BCUT2D eigenvalue weighted by atomic mass is 16.3. The first-order valence-electron chi connectivity index (χ1n) is 6.73. The van der Waals surface area contributed by atoms with E-state index in [1.54, 1.807) is 0 Å². The minimum atomic E-state index is 0.558. The van der Waals surface area contributed by atoms with Crippen LogP contribution in [0.15, 0.2) is 16.7 Å². The fourth-order valence-corrected chi connectivity index (χ4v) is 3.22. The van der Waals surface area contributed by atoms with Crippen molar-refractivity contribution in [2.45, 2.75) is 51.0 Å². The van der Waals surface area contributed by atoms with E-state index < -0.39 is 0 Å². The number of rotatable bonds is 3. The van der Waals surface area contributed by atoms with Crippen LogP contribution in [-0.4, -0.2) is 6.54 Å². The Labute approximate surface area is 97.4 Å². The molecular weight excluding hydrogens is 198 g/mol. The lowest BCUT2D eigenvalue weighted by atomic mass is 9.93. The van der Waals surface area contributed by atoms with Crippen molar-refractivity contribution in [3.05, 3.63) is 23.7 Å². The van der Waals surface area contributed by atoms with Gasteiger partial charge in [0.2, 0.25) is 0 Å². The average Bonchev–Trinajstić information content (AvgIpc) is 2.97. The van der Waals surface area contributed by atoms with E-state index in [2.05, 4.69) is 11.4 Å². The zero-order valence-electron chi connectivity index (χ0n) is 9.87. The van der Waals surface area contributed by atoms with Crippen LogP contribution < -0.4 is 5.32 Å². The molecule has 0 radical (unpaired) electrons. The number of aryl methyl sites for hydroxylation is 1. The Balaban J connectivity index is 1.59. The number of hydrogen-bond donors (Lipinski definition) is 1. The zero-order valence-corrected chi connectivity index (χ0v) is 9.87. The summed E-state index contributed by atoms with van der Waals surface area (Å²) in [5, 5.41) is 3.75. The minimum absolute atomic E-state index is 0.558. The van der Waals surface area contributed by atoms with Crippen molar-refractivity contribution >= 4 is 0 Å². The van der Waals surface area contributed by atoms with Gasteiger partial charge in [-0.05, 0) is 44.2 Å². The van der Waals surface area contributed by atoms with Gasteiger partial charge in [0, 0.05) is 18.0 Å². The quantitative estimate of drug-likeness (QED) is 0.842. The Kier molecular flexibility index (Phi) is 3.00. The summed E-state index contributed by atoms with van der Waals surface area (Å²) in [7, 11) is 0. The predicted molar refractivity (Wildman–Crippen MR) is 64.3 cm³/mol. The van der Waals surface area contributed by atoms with E-state index in [1.807, 2.05) is 6.26 Å². The van der Waals surface area contributed by atoms with Crippen molar-refractivity contribution in [1.82, 2.24) is 5.32 Å². The Morgan fingerprint density at radius 2 is 2.06 bits per heavy atom. The first kappa shape index (κ1) is 10.4. The van der Waals surface area contributed by atoms with Gasteiger partial charge in [-0.2, -0.15) is 0 Å². The molecule has 1 saturated carbocycles. The average molecular weight is 219 g/mol. The first-order chi connectivity index (χ1) is 7.93. The molecular formula is C14H21NO. The number of hydrogen-bond acceptors (Lipinski definition) is 2. The summed E-state index contributed by atoms with van der Waals surface area (Å²) in [5.74, 6) is 2.15. The lowest BCUT2D eigenvalue weighted by molar-refractivity contribution is 0.381. The summed E-state index contributed by atoms with van der Waals surface area (Å²) in [6.45, 7) is 1.20. The van der Waals surface area contributed by atoms with Gasteiger partial charge < -0.3 is 9.73 Å². The van der Waals surface area contributed by atoms with Crippen molar-refractivity contribution in [2.75, 3.05) is 6.54 Å². The highest BCUT2D eigenvalue weighted by molar-refractivity contribution is 5.23. The second-order valence-corrected chi connectivity index (χ2v) is 5.30. The van der Waals surface area contributed by atoms with Gasteiger partial charge in [0.25, 0.3) is 0 Å². The lowest BCUT2D eigenvalue weighted by Crippen LogP contribution is -2.28. The number of nitrogens with one attached hydrogen (secondary N) is 1. The summed E-state index contributed by atoms with van der Waals surface area (Å²) in [6.07, 6.45) is 11.3. The van der Waals surface area contributed by atoms with Crippen molar-refractivity contribution in [2.24, 2.45) is 5.92 Å². The molecule has 1 fully saturated rings. The van der Waals surface area contributed by atoms with E-state index in [0.29, 0.717) is 6.04 Å². The maximum Gasteiger partial charge on any atom is 0.108 e. The monoisotopic (exact) mass is 219 g/mol. The molecule has 2 heteroatoms. The largest absolute Gasteiger partial charge is 0.469 e. The van der Waals surface area contributed by atoms with E-state index in [1.165, 1.54) is 56.4 Å². The summed E-state index contributed by atoms with van der Waals surface area (Å²) >= 11 is 0. The molecule has 0 aromatic carbocycles. The molecule has 0 aliphatic heterocycles. The van der Waals surface area contributed by atoms with Gasteiger partial charge in [0.1, 0.15) is 5.76 Å². The molecule has 0 bridgehead atoms. The third-order valence-corrected chi connectivity index (χ3v) is 4.18. The first-order valence-corrected chi connectivity index (χ1v) is 6.73. The SMILES string of the molecule is c1cc2c(o1)CCCC2NCC1CCCC1. The van der Waals surface area contributed by atoms with E-state index in [-0.39, 0.29) is 0 Å². The maximum absolute atomic E-state index is 5.52. The maximum atomic E-state index is 5.52. The molecule has 0 saturated heterocycles. The van der Waals surface area contributed by atoms with E-state index >= 15 is 0 Å². The van der Waals surface area contributed by atoms with Crippen LogP contribution in [0.5, 0.6) is 0 Å². The topological polar surface area (TPSA) is 25.2 Å². The highest BCUT2D eigenvalue weighted by Crippen LogP contribution is 2.31. The molecule has 1 N–H and O–H groups in total.